The molecule has 2 rings (SSSR count). The van der Waals surface area contributed by atoms with Gasteiger partial charge in [0.05, 0.1) is 6.42 Å². The Hall–Kier alpha value is -1.88. The van der Waals surface area contributed by atoms with E-state index < -0.39 is 12.1 Å². The number of aryl methyl sites for hydroxylation is 1. The van der Waals surface area contributed by atoms with Gasteiger partial charge in [0, 0.05) is 18.8 Å². The molecule has 1 fully saturated rings. The van der Waals surface area contributed by atoms with E-state index in [9.17, 15) is 9.59 Å². The van der Waals surface area contributed by atoms with Crippen LogP contribution in [-0.4, -0.2) is 36.2 Å². The highest BCUT2D eigenvalue weighted by Gasteiger charge is 2.29. The zero-order chi connectivity index (χ0) is 15.2. The minimum atomic E-state index is -0.912. The molecule has 0 aliphatic carbocycles. The lowest BCUT2D eigenvalue weighted by Crippen LogP contribution is -2.40. The van der Waals surface area contributed by atoms with Crippen molar-refractivity contribution in [3.8, 4) is 0 Å². The van der Waals surface area contributed by atoms with Crippen molar-refractivity contribution in [1.82, 2.24) is 0 Å². The van der Waals surface area contributed by atoms with Crippen LogP contribution in [0, 0.1) is 0 Å². The first-order chi connectivity index (χ1) is 10.1. The van der Waals surface area contributed by atoms with Crippen molar-refractivity contribution in [1.29, 1.82) is 0 Å². The van der Waals surface area contributed by atoms with Gasteiger partial charge in [-0.3, -0.25) is 9.59 Å². The Balaban J connectivity index is 2.16. The number of rotatable bonds is 6. The Bertz CT molecular complexity index is 492. The predicted molar refractivity (Wildman–Crippen MR) is 79.4 cm³/mol. The van der Waals surface area contributed by atoms with Crippen LogP contribution in [0.2, 0.25) is 0 Å². The van der Waals surface area contributed by atoms with Gasteiger partial charge in [0.2, 0.25) is 0 Å². The summed E-state index contributed by atoms with van der Waals surface area (Å²) in [5, 5.41) is 8.87. The number of ether oxygens (including phenoxy) is 1. The highest BCUT2D eigenvalue weighted by atomic mass is 16.5. The molecule has 1 aliphatic heterocycles. The molecule has 0 bridgehead atoms. The molecule has 1 amide bonds. The number of carbonyl (C=O) groups excluding carboxylic acids is 1. The van der Waals surface area contributed by atoms with Gasteiger partial charge in [0.25, 0.3) is 5.91 Å². The normalized spacial score (nSPS) is 17.7. The second-order valence-corrected chi connectivity index (χ2v) is 5.16. The highest BCUT2D eigenvalue weighted by Crippen LogP contribution is 2.21. The fraction of sp³-hybridized carbons (Fsp3) is 0.500. The summed E-state index contributed by atoms with van der Waals surface area (Å²) in [7, 11) is 0. The number of hydrogen-bond acceptors (Lipinski definition) is 3. The topological polar surface area (TPSA) is 66.8 Å². The quantitative estimate of drug-likeness (QED) is 0.873. The number of hydrogen-bond donors (Lipinski definition) is 1. The van der Waals surface area contributed by atoms with Crippen LogP contribution in [0.4, 0.5) is 5.69 Å². The lowest BCUT2D eigenvalue weighted by Gasteiger charge is -2.25. The number of amides is 1. The first-order valence-corrected chi connectivity index (χ1v) is 7.35. The average Bonchev–Trinajstić information content (AvgIpc) is 3.02. The van der Waals surface area contributed by atoms with Crippen LogP contribution in [0.5, 0.6) is 0 Å². The van der Waals surface area contributed by atoms with Gasteiger partial charge in [0.1, 0.15) is 6.10 Å². The van der Waals surface area contributed by atoms with Crippen molar-refractivity contribution in [3.05, 3.63) is 29.8 Å². The number of carbonyl (C=O) groups is 2. The van der Waals surface area contributed by atoms with Gasteiger partial charge in [-0.15, -0.1) is 0 Å². The van der Waals surface area contributed by atoms with Crippen LogP contribution in [0.25, 0.3) is 0 Å². The first-order valence-electron chi connectivity index (χ1n) is 7.35. The standard InChI is InChI=1S/C16H21NO4/c1-2-12-5-7-13(8-6-12)17(10-9-15(18)19)16(20)14-4-3-11-21-14/h5-8,14H,2-4,9-11H2,1H3,(H,18,19). The minimum Gasteiger partial charge on any atom is -0.481 e. The molecule has 5 nitrogen and oxygen atoms in total. The summed E-state index contributed by atoms with van der Waals surface area (Å²) in [5.74, 6) is -1.05. The number of benzene rings is 1. The monoisotopic (exact) mass is 291 g/mol. The smallest absolute Gasteiger partial charge is 0.305 e. The molecular weight excluding hydrogens is 270 g/mol. The lowest BCUT2D eigenvalue weighted by atomic mass is 10.1. The fourth-order valence-electron chi connectivity index (χ4n) is 2.43. The molecule has 0 saturated carbocycles. The van der Waals surface area contributed by atoms with Gasteiger partial charge in [-0.1, -0.05) is 19.1 Å². The molecule has 0 radical (unpaired) electrons. The van der Waals surface area contributed by atoms with Gasteiger partial charge < -0.3 is 14.7 Å². The third-order valence-corrected chi connectivity index (χ3v) is 3.68. The Morgan fingerprint density at radius 3 is 2.57 bits per heavy atom. The second-order valence-electron chi connectivity index (χ2n) is 5.16. The minimum absolute atomic E-state index is 0.0754. The van der Waals surface area contributed by atoms with Crippen LogP contribution >= 0.6 is 0 Å². The molecule has 1 aromatic rings. The summed E-state index contributed by atoms with van der Waals surface area (Å²) >= 11 is 0. The van der Waals surface area contributed by atoms with E-state index in [4.69, 9.17) is 9.84 Å². The van der Waals surface area contributed by atoms with Gasteiger partial charge in [-0.05, 0) is 37.0 Å². The Labute approximate surface area is 124 Å². The van der Waals surface area contributed by atoms with Crippen molar-refractivity contribution in [2.24, 2.45) is 0 Å². The third-order valence-electron chi connectivity index (χ3n) is 3.68. The molecule has 1 N–H and O–H groups in total. The molecule has 1 aromatic carbocycles. The van der Waals surface area contributed by atoms with Gasteiger partial charge in [-0.25, -0.2) is 0 Å². The maximum absolute atomic E-state index is 12.5. The second kappa shape index (κ2) is 7.22. The zero-order valence-corrected chi connectivity index (χ0v) is 12.2. The molecule has 1 saturated heterocycles. The number of anilines is 1. The zero-order valence-electron chi connectivity index (χ0n) is 12.2. The Morgan fingerprint density at radius 1 is 1.33 bits per heavy atom. The summed E-state index contributed by atoms with van der Waals surface area (Å²) in [4.78, 5) is 24.9. The van der Waals surface area contributed by atoms with Crippen molar-refractivity contribution in [2.75, 3.05) is 18.1 Å². The molecular formula is C16H21NO4. The van der Waals surface area contributed by atoms with E-state index in [-0.39, 0.29) is 18.9 Å². The van der Waals surface area contributed by atoms with E-state index in [1.54, 1.807) is 0 Å². The van der Waals surface area contributed by atoms with E-state index >= 15 is 0 Å². The Kier molecular flexibility index (Phi) is 5.33. The molecule has 1 atom stereocenters. The summed E-state index contributed by atoms with van der Waals surface area (Å²) in [6.07, 6.45) is 1.99. The van der Waals surface area contributed by atoms with Crippen LogP contribution in [0.3, 0.4) is 0 Å². The first kappa shape index (κ1) is 15.5. The van der Waals surface area contributed by atoms with Crippen molar-refractivity contribution in [2.45, 2.75) is 38.7 Å². The van der Waals surface area contributed by atoms with E-state index in [1.807, 2.05) is 24.3 Å². The van der Waals surface area contributed by atoms with E-state index in [0.717, 1.165) is 18.5 Å². The highest BCUT2D eigenvalue weighted by molar-refractivity contribution is 5.97. The number of carboxylic acids is 1. The molecule has 1 unspecified atom stereocenters. The molecule has 0 aromatic heterocycles. The fourth-order valence-corrected chi connectivity index (χ4v) is 2.43. The summed E-state index contributed by atoms with van der Waals surface area (Å²) in [6, 6.07) is 7.67. The molecule has 1 aliphatic rings. The lowest BCUT2D eigenvalue weighted by molar-refractivity contribution is -0.136. The summed E-state index contributed by atoms with van der Waals surface area (Å²) in [6.45, 7) is 2.83. The Morgan fingerprint density at radius 2 is 2.05 bits per heavy atom. The number of nitrogens with zero attached hydrogens (tertiary/aromatic N) is 1. The van der Waals surface area contributed by atoms with E-state index in [0.29, 0.717) is 13.0 Å². The number of aliphatic carboxylic acids is 1. The van der Waals surface area contributed by atoms with Gasteiger partial charge in [0.15, 0.2) is 0 Å². The van der Waals surface area contributed by atoms with E-state index in [2.05, 4.69) is 6.92 Å². The molecule has 21 heavy (non-hydrogen) atoms. The maximum Gasteiger partial charge on any atom is 0.305 e. The summed E-state index contributed by atoms with van der Waals surface area (Å²) < 4.78 is 5.43. The van der Waals surface area contributed by atoms with Gasteiger partial charge in [-0.2, -0.15) is 0 Å². The van der Waals surface area contributed by atoms with Crippen molar-refractivity contribution in [3.63, 3.8) is 0 Å². The molecule has 5 heteroatoms. The van der Waals surface area contributed by atoms with Crippen LogP contribution in [0.15, 0.2) is 24.3 Å². The van der Waals surface area contributed by atoms with Crippen LogP contribution < -0.4 is 4.90 Å². The van der Waals surface area contributed by atoms with Crippen LogP contribution in [0.1, 0.15) is 31.7 Å². The maximum atomic E-state index is 12.5. The molecule has 114 valence electrons. The van der Waals surface area contributed by atoms with Gasteiger partial charge >= 0.3 is 5.97 Å². The third kappa shape index (κ3) is 4.04. The van der Waals surface area contributed by atoms with E-state index in [1.165, 1.54) is 10.5 Å². The van der Waals surface area contributed by atoms with Crippen molar-refractivity contribution >= 4 is 17.6 Å². The molecule has 0 spiro atoms. The number of carboxylic acid groups (broad SMARTS) is 1. The predicted octanol–water partition coefficient (Wildman–Crippen LogP) is 2.24. The largest absolute Gasteiger partial charge is 0.481 e. The average molecular weight is 291 g/mol. The molecule has 1 heterocycles. The van der Waals surface area contributed by atoms with Crippen molar-refractivity contribution < 1.29 is 19.4 Å². The SMILES string of the molecule is CCc1ccc(N(CCC(=O)O)C(=O)C2CCCO2)cc1. The summed E-state index contributed by atoms with van der Waals surface area (Å²) in [5.41, 5.74) is 1.91. The van der Waals surface area contributed by atoms with Crippen LogP contribution in [-0.2, 0) is 20.7 Å².